The van der Waals surface area contributed by atoms with Crippen LogP contribution in [0.2, 0.25) is 0 Å². The Hall–Kier alpha value is -1.76. The first-order valence-electron chi connectivity index (χ1n) is 5.07. The maximum atomic E-state index is 11.4. The molecule has 0 bridgehead atoms. The van der Waals surface area contributed by atoms with Gasteiger partial charge < -0.3 is 0 Å². The van der Waals surface area contributed by atoms with Crippen molar-refractivity contribution in [3.05, 3.63) is 0 Å². The van der Waals surface area contributed by atoms with Gasteiger partial charge in [0.05, 0.1) is 0 Å². The van der Waals surface area contributed by atoms with Gasteiger partial charge in [-0.25, -0.2) is 0 Å². The van der Waals surface area contributed by atoms with Gasteiger partial charge in [0.25, 0.3) is 23.6 Å². The van der Waals surface area contributed by atoms with Crippen LogP contribution in [-0.4, -0.2) is 40.7 Å². The van der Waals surface area contributed by atoms with Crippen molar-refractivity contribution in [3.8, 4) is 0 Å². The minimum Gasteiger partial charge on any atom is -0.269 e. The fraction of sp³-hybridized carbons (Fsp3) is 0.556. The minimum absolute atomic E-state index is 0.125. The van der Waals surface area contributed by atoms with Crippen LogP contribution in [0.4, 0.5) is 0 Å². The van der Waals surface area contributed by atoms with Gasteiger partial charge in [-0.05, 0) is 0 Å². The van der Waals surface area contributed by atoms with Crippen molar-refractivity contribution in [3.63, 3.8) is 0 Å². The van der Waals surface area contributed by atoms with E-state index in [0.717, 1.165) is 10.0 Å². The third-order valence-electron chi connectivity index (χ3n) is 2.75. The topological polar surface area (TPSA) is 79.2 Å². The van der Waals surface area contributed by atoms with Gasteiger partial charge in [0, 0.05) is 25.7 Å². The molecule has 7 nitrogen and oxygen atoms in total. The summed E-state index contributed by atoms with van der Waals surface area (Å²) in [6.07, 6.45) is 0.581. The maximum absolute atomic E-state index is 11.4. The quantitative estimate of drug-likeness (QED) is 0.534. The number of hydrogen-bond acceptors (Lipinski definition) is 4. The van der Waals surface area contributed by atoms with Gasteiger partial charge in [-0.3, -0.25) is 19.2 Å². The molecule has 4 amide bonds. The third-order valence-corrected chi connectivity index (χ3v) is 2.75. The minimum atomic E-state index is -0.352. The fourth-order valence-corrected chi connectivity index (χ4v) is 1.97. The highest BCUT2D eigenvalue weighted by atomic mass is 16.2. The van der Waals surface area contributed by atoms with Gasteiger partial charge in [-0.1, -0.05) is 10.0 Å². The number of amides is 4. The zero-order valence-corrected chi connectivity index (χ0v) is 8.86. The highest BCUT2D eigenvalue weighted by Crippen LogP contribution is 2.10. The summed E-state index contributed by atoms with van der Waals surface area (Å²) >= 11 is 0. The Kier molecular flexibility index (Phi) is 2.47. The molecule has 2 rings (SSSR count). The first kappa shape index (κ1) is 10.7. The molecule has 0 aromatic rings. The monoisotopic (exact) mass is 226 g/mol. The predicted octanol–water partition coefficient (Wildman–Crippen LogP) is -2.37. The zero-order valence-electron chi connectivity index (χ0n) is 8.86. The van der Waals surface area contributed by atoms with Crippen molar-refractivity contribution in [1.29, 1.82) is 0 Å². The SMILES string of the molecule is C[NH+](N1C(=O)CCC1=O)N1C(=O)CCC1=O. The molecule has 1 N–H and O–H groups in total. The zero-order chi connectivity index (χ0) is 11.9. The van der Waals surface area contributed by atoms with E-state index in [1.165, 1.54) is 7.05 Å². The van der Waals surface area contributed by atoms with Crippen LogP contribution in [-0.2, 0) is 19.2 Å². The number of hydrogen-bond donors (Lipinski definition) is 1. The van der Waals surface area contributed by atoms with E-state index in [-0.39, 0.29) is 54.4 Å². The lowest BCUT2D eigenvalue weighted by Gasteiger charge is -2.26. The molecule has 2 aliphatic heterocycles. The van der Waals surface area contributed by atoms with Crippen LogP contribution >= 0.6 is 0 Å². The molecule has 86 valence electrons. The molecule has 2 aliphatic rings. The van der Waals surface area contributed by atoms with E-state index in [1.807, 2.05) is 0 Å². The number of nitrogens with zero attached hydrogens (tertiary/aromatic N) is 2. The molecule has 0 radical (unpaired) electrons. The summed E-state index contributed by atoms with van der Waals surface area (Å²) in [6, 6.07) is 0. The highest BCUT2D eigenvalue weighted by Gasteiger charge is 2.45. The van der Waals surface area contributed by atoms with Crippen molar-refractivity contribution in [2.24, 2.45) is 0 Å². The molecule has 16 heavy (non-hydrogen) atoms. The van der Waals surface area contributed by atoms with Gasteiger partial charge in [-0.2, -0.15) is 0 Å². The number of quaternary nitrogens is 1. The smallest absolute Gasteiger partial charge is 0.269 e. The number of nitrogens with one attached hydrogen (secondary N) is 1. The molecule has 0 aromatic carbocycles. The van der Waals surface area contributed by atoms with Gasteiger partial charge >= 0.3 is 0 Å². The molecule has 0 spiro atoms. The van der Waals surface area contributed by atoms with Gasteiger partial charge in [0.1, 0.15) is 7.05 Å². The van der Waals surface area contributed by atoms with Crippen molar-refractivity contribution < 1.29 is 24.3 Å². The van der Waals surface area contributed by atoms with Crippen LogP contribution in [0.1, 0.15) is 25.7 Å². The van der Waals surface area contributed by atoms with Crippen molar-refractivity contribution >= 4 is 23.6 Å². The Labute approximate surface area is 91.5 Å². The fourth-order valence-electron chi connectivity index (χ4n) is 1.97. The Bertz CT molecular complexity index is 324. The van der Waals surface area contributed by atoms with E-state index >= 15 is 0 Å². The molecule has 0 atom stereocenters. The summed E-state index contributed by atoms with van der Waals surface area (Å²) < 4.78 is 0. The Balaban J connectivity index is 2.21. The summed E-state index contributed by atoms with van der Waals surface area (Å²) in [5.74, 6) is -1.41. The standard InChI is InChI=1S/C9H11N3O4/c1-10(11-6(13)2-3-7(11)14)12-8(15)4-5-9(12)16/h2-5H2,1H3/p+1. The maximum Gasteiger partial charge on any atom is 0.279 e. The lowest BCUT2D eigenvalue weighted by Crippen LogP contribution is -3.22. The van der Waals surface area contributed by atoms with E-state index in [2.05, 4.69) is 0 Å². The van der Waals surface area contributed by atoms with E-state index in [0.29, 0.717) is 0 Å². The molecule has 0 aliphatic carbocycles. The van der Waals surface area contributed by atoms with Crippen LogP contribution in [0, 0.1) is 0 Å². The largest absolute Gasteiger partial charge is 0.279 e. The average molecular weight is 226 g/mol. The molecule has 0 aromatic heterocycles. The molecule has 7 heteroatoms. The molecule has 2 heterocycles. The second kappa shape index (κ2) is 3.67. The first-order chi connectivity index (χ1) is 7.52. The normalized spacial score (nSPS) is 21.9. The van der Waals surface area contributed by atoms with Gasteiger partial charge in [0.15, 0.2) is 0 Å². The number of carbonyl (C=O) groups is 4. The second-order valence-corrected chi connectivity index (χ2v) is 3.79. The Morgan fingerprint density at radius 1 is 0.750 bits per heavy atom. The summed E-state index contributed by atoms with van der Waals surface area (Å²) in [5, 5.41) is 1.99. The lowest BCUT2D eigenvalue weighted by molar-refractivity contribution is -1.05. The van der Waals surface area contributed by atoms with Crippen LogP contribution in [0.25, 0.3) is 0 Å². The van der Waals surface area contributed by atoms with Gasteiger partial charge in [-0.15, -0.1) is 5.12 Å². The lowest BCUT2D eigenvalue weighted by atomic mass is 10.4. The van der Waals surface area contributed by atoms with Crippen LogP contribution in [0.3, 0.4) is 0 Å². The van der Waals surface area contributed by atoms with Gasteiger partial charge in [0.2, 0.25) is 0 Å². The number of imide groups is 2. The number of carbonyl (C=O) groups excluding carboxylic acids is 4. The Morgan fingerprint density at radius 2 is 1.00 bits per heavy atom. The summed E-state index contributed by atoms with van der Waals surface area (Å²) in [6.45, 7) is 0. The van der Waals surface area contributed by atoms with E-state index in [4.69, 9.17) is 0 Å². The summed E-state index contributed by atoms with van der Waals surface area (Å²) in [4.78, 5) is 45.7. The molecule has 2 saturated heterocycles. The molecule has 2 fully saturated rings. The van der Waals surface area contributed by atoms with Crippen molar-refractivity contribution in [2.45, 2.75) is 25.7 Å². The van der Waals surface area contributed by atoms with E-state index < -0.39 is 0 Å². The predicted molar refractivity (Wildman–Crippen MR) is 49.1 cm³/mol. The summed E-state index contributed by atoms with van der Waals surface area (Å²) in [5.41, 5.74) is 0. The van der Waals surface area contributed by atoms with Crippen molar-refractivity contribution in [2.75, 3.05) is 7.05 Å². The second-order valence-electron chi connectivity index (χ2n) is 3.79. The molecule has 0 unspecified atom stereocenters. The van der Waals surface area contributed by atoms with Crippen LogP contribution in [0.5, 0.6) is 0 Å². The van der Waals surface area contributed by atoms with Crippen molar-refractivity contribution in [1.82, 2.24) is 10.0 Å². The molecular formula is C9H12N3O4+. The summed E-state index contributed by atoms with van der Waals surface area (Å²) in [7, 11) is 1.45. The van der Waals surface area contributed by atoms with E-state index in [1.54, 1.807) is 0 Å². The Morgan fingerprint density at radius 3 is 1.25 bits per heavy atom. The van der Waals surface area contributed by atoms with Crippen LogP contribution in [0.15, 0.2) is 0 Å². The average Bonchev–Trinajstić information content (AvgIpc) is 2.71. The molecular weight excluding hydrogens is 214 g/mol. The molecule has 0 saturated carbocycles. The number of rotatable bonds is 2. The third kappa shape index (κ3) is 1.49. The first-order valence-corrected chi connectivity index (χ1v) is 5.07. The highest BCUT2D eigenvalue weighted by molar-refractivity contribution is 6.02. The van der Waals surface area contributed by atoms with E-state index in [9.17, 15) is 19.2 Å². The van der Waals surface area contributed by atoms with Crippen LogP contribution < -0.4 is 5.12 Å².